The summed E-state index contributed by atoms with van der Waals surface area (Å²) in [5.41, 5.74) is 4.81. The summed E-state index contributed by atoms with van der Waals surface area (Å²) in [5, 5.41) is 10.8. The first-order chi connectivity index (χ1) is 10.6. The van der Waals surface area contributed by atoms with Crippen LogP contribution >= 0.6 is 11.6 Å². The van der Waals surface area contributed by atoms with Crippen LogP contribution in [-0.2, 0) is 6.54 Å². The van der Waals surface area contributed by atoms with Gasteiger partial charge in [0.25, 0.3) is 0 Å². The van der Waals surface area contributed by atoms with Crippen LogP contribution in [-0.4, -0.2) is 15.6 Å². The highest BCUT2D eigenvalue weighted by Gasteiger charge is 2.11. The molecule has 0 aliphatic carbocycles. The first-order valence-electron chi connectivity index (χ1n) is 7.74. The van der Waals surface area contributed by atoms with E-state index in [1.54, 1.807) is 6.07 Å². The molecule has 0 aliphatic heterocycles. The van der Waals surface area contributed by atoms with Gasteiger partial charge in [-0.2, -0.15) is 0 Å². The van der Waals surface area contributed by atoms with Crippen molar-refractivity contribution in [2.45, 2.75) is 41.2 Å². The van der Waals surface area contributed by atoms with E-state index in [1.807, 2.05) is 39.0 Å². The number of phenols is 1. The van der Waals surface area contributed by atoms with Gasteiger partial charge in [0.1, 0.15) is 5.75 Å². The van der Waals surface area contributed by atoms with Crippen molar-refractivity contribution in [3.05, 3.63) is 53.3 Å². The van der Waals surface area contributed by atoms with Crippen LogP contribution in [0.2, 0.25) is 0 Å². The van der Waals surface area contributed by atoms with Gasteiger partial charge in [0.15, 0.2) is 0 Å². The van der Waals surface area contributed by atoms with Crippen LogP contribution in [0.15, 0.2) is 42.0 Å². The lowest BCUT2D eigenvalue weighted by molar-refractivity contribution is 0.476. The molecule has 1 N–H and O–H groups in total. The highest BCUT2D eigenvalue weighted by Crippen LogP contribution is 2.29. The summed E-state index contributed by atoms with van der Waals surface area (Å²) in [6.45, 7) is 11.1. The summed E-state index contributed by atoms with van der Waals surface area (Å²) in [7, 11) is 0. The summed E-state index contributed by atoms with van der Waals surface area (Å²) < 4.78 is 2.28. The minimum Gasteiger partial charge on any atom is -0.508 e. The molecule has 0 amide bonds. The average molecular weight is 320 g/mol. The van der Waals surface area contributed by atoms with Crippen molar-refractivity contribution >= 4 is 22.5 Å². The Balaban J connectivity index is 0.00000116. The van der Waals surface area contributed by atoms with E-state index in [4.69, 9.17) is 11.6 Å². The van der Waals surface area contributed by atoms with E-state index in [2.05, 4.69) is 30.6 Å². The maximum Gasteiger partial charge on any atom is 0.116 e. The Labute approximate surface area is 138 Å². The number of aryl methyl sites for hydroxylation is 1. The van der Waals surface area contributed by atoms with Gasteiger partial charge in [-0.05, 0) is 50.1 Å². The molecular weight excluding hydrogens is 294 g/mol. The second-order valence-corrected chi connectivity index (χ2v) is 5.23. The summed E-state index contributed by atoms with van der Waals surface area (Å²) in [6, 6.07) is 5.54. The van der Waals surface area contributed by atoms with E-state index in [1.165, 1.54) is 16.8 Å². The first kappa shape index (κ1) is 18.4. The quantitative estimate of drug-likeness (QED) is 0.565. The molecule has 0 atom stereocenters. The fourth-order valence-corrected chi connectivity index (χ4v) is 2.55. The zero-order valence-corrected chi connectivity index (χ0v) is 14.9. The summed E-state index contributed by atoms with van der Waals surface area (Å²) >= 11 is 5.70. The lowest BCUT2D eigenvalue weighted by Crippen LogP contribution is -2.02. The number of allylic oxidation sites excluding steroid dienone is 4. The number of phenolic OH excluding ortho intramolecular Hbond substituents is 1. The number of nitrogens with zero attached hydrogens (tertiary/aromatic N) is 1. The number of fused-ring (bicyclic) bond motifs is 1. The summed E-state index contributed by atoms with van der Waals surface area (Å²) in [6.07, 6.45) is 6.12. The maximum atomic E-state index is 9.65. The number of aromatic hydroxyl groups is 1. The van der Waals surface area contributed by atoms with Gasteiger partial charge in [0.05, 0.1) is 0 Å². The van der Waals surface area contributed by atoms with Crippen LogP contribution in [0.4, 0.5) is 0 Å². The molecule has 0 radical (unpaired) electrons. The minimum atomic E-state index is 0.311. The lowest BCUT2D eigenvalue weighted by Gasteiger charge is -2.09. The number of aromatic nitrogens is 1. The summed E-state index contributed by atoms with van der Waals surface area (Å²) in [4.78, 5) is 0. The van der Waals surface area contributed by atoms with Crippen molar-refractivity contribution in [3.8, 4) is 5.75 Å². The van der Waals surface area contributed by atoms with E-state index in [0.29, 0.717) is 11.6 Å². The molecule has 1 heterocycles. The zero-order valence-electron chi connectivity index (χ0n) is 14.2. The predicted octanol–water partition coefficient (Wildman–Crippen LogP) is 5.73. The van der Waals surface area contributed by atoms with Gasteiger partial charge in [-0.15, -0.1) is 11.6 Å². The molecule has 2 rings (SSSR count). The molecule has 0 saturated heterocycles. The van der Waals surface area contributed by atoms with Gasteiger partial charge in [-0.1, -0.05) is 32.1 Å². The number of rotatable bonds is 4. The van der Waals surface area contributed by atoms with Gasteiger partial charge in [0, 0.05) is 29.0 Å². The topological polar surface area (TPSA) is 25.2 Å². The van der Waals surface area contributed by atoms with Gasteiger partial charge in [0.2, 0.25) is 0 Å². The van der Waals surface area contributed by atoms with E-state index in [-0.39, 0.29) is 0 Å². The van der Waals surface area contributed by atoms with Gasteiger partial charge in [-0.3, -0.25) is 0 Å². The third-order valence-corrected chi connectivity index (χ3v) is 3.93. The second kappa shape index (κ2) is 8.70. The zero-order chi connectivity index (χ0) is 16.7. The molecule has 0 spiro atoms. The molecule has 0 aliphatic rings. The molecule has 2 aromatic rings. The number of hydrogen-bond donors (Lipinski definition) is 1. The van der Waals surface area contributed by atoms with E-state index in [9.17, 15) is 5.11 Å². The molecule has 22 heavy (non-hydrogen) atoms. The molecule has 0 bridgehead atoms. The number of alkyl halides is 1. The Bertz CT molecular complexity index is 680. The van der Waals surface area contributed by atoms with Crippen LogP contribution in [0.1, 0.15) is 32.0 Å². The highest BCUT2D eigenvalue weighted by molar-refractivity contribution is 6.18. The van der Waals surface area contributed by atoms with Crippen LogP contribution in [0.25, 0.3) is 10.9 Å². The smallest absolute Gasteiger partial charge is 0.116 e. The molecule has 1 aromatic carbocycles. The van der Waals surface area contributed by atoms with Crippen molar-refractivity contribution < 1.29 is 5.11 Å². The molecule has 120 valence electrons. The molecule has 2 nitrogen and oxygen atoms in total. The van der Waals surface area contributed by atoms with Crippen molar-refractivity contribution in [2.24, 2.45) is 0 Å². The minimum absolute atomic E-state index is 0.311. The largest absolute Gasteiger partial charge is 0.508 e. The van der Waals surface area contributed by atoms with Gasteiger partial charge in [-0.25, -0.2) is 0 Å². The Morgan fingerprint density at radius 2 is 1.95 bits per heavy atom. The van der Waals surface area contributed by atoms with Crippen LogP contribution in [0.5, 0.6) is 5.75 Å². The van der Waals surface area contributed by atoms with Crippen LogP contribution < -0.4 is 0 Å². The Morgan fingerprint density at radius 3 is 2.55 bits per heavy atom. The maximum absolute atomic E-state index is 9.65. The van der Waals surface area contributed by atoms with Crippen LogP contribution in [0.3, 0.4) is 0 Å². The fraction of sp³-hybridized carbons (Fsp3) is 0.368. The van der Waals surface area contributed by atoms with Crippen LogP contribution in [0, 0.1) is 13.8 Å². The molecule has 0 unspecified atom stereocenters. The highest BCUT2D eigenvalue weighted by atomic mass is 35.5. The monoisotopic (exact) mass is 319 g/mol. The Morgan fingerprint density at radius 1 is 1.27 bits per heavy atom. The number of halogens is 1. The number of benzene rings is 1. The average Bonchev–Trinajstić information content (AvgIpc) is 2.77. The number of hydrogen-bond acceptors (Lipinski definition) is 1. The van der Waals surface area contributed by atoms with Gasteiger partial charge < -0.3 is 9.67 Å². The predicted molar refractivity (Wildman–Crippen MR) is 98.0 cm³/mol. The van der Waals surface area contributed by atoms with E-state index < -0.39 is 0 Å². The molecule has 0 fully saturated rings. The third kappa shape index (κ3) is 3.95. The molecule has 0 saturated carbocycles. The van der Waals surface area contributed by atoms with E-state index in [0.717, 1.165) is 17.4 Å². The van der Waals surface area contributed by atoms with Gasteiger partial charge >= 0.3 is 0 Å². The normalized spacial score (nSPS) is 11.8. The SMILES string of the molecule is C/C=C(\C=C/CCl)Cn1c(C)c(C)c2cc(O)ccc21.CC. The second-order valence-electron chi connectivity index (χ2n) is 4.92. The first-order valence-corrected chi connectivity index (χ1v) is 8.28. The Hall–Kier alpha value is -1.67. The summed E-state index contributed by atoms with van der Waals surface area (Å²) in [5.74, 6) is 0.835. The third-order valence-electron chi connectivity index (χ3n) is 3.76. The standard InChI is InChI=1S/C17H20ClNO.C2H6/c1-4-14(6-5-9-18)11-19-13(3)12(2)16-10-15(20)7-8-17(16)19;1-2/h4-8,10,20H,9,11H2,1-3H3;1-2H3/b6-5-,14-4+;. The molecular formula is C19H26ClNO. The lowest BCUT2D eigenvalue weighted by atomic mass is 10.1. The van der Waals surface area contributed by atoms with Crippen molar-refractivity contribution in [3.63, 3.8) is 0 Å². The van der Waals surface area contributed by atoms with Crippen molar-refractivity contribution in [2.75, 3.05) is 5.88 Å². The Kier molecular flexibility index (Phi) is 7.26. The van der Waals surface area contributed by atoms with E-state index >= 15 is 0 Å². The van der Waals surface area contributed by atoms with Crippen molar-refractivity contribution in [1.29, 1.82) is 0 Å². The van der Waals surface area contributed by atoms with Crippen molar-refractivity contribution in [1.82, 2.24) is 4.57 Å². The molecule has 1 aromatic heterocycles. The molecule has 3 heteroatoms. The fourth-order valence-electron chi connectivity index (χ4n) is 2.46.